The smallest absolute Gasteiger partial charge is 0.407 e. The van der Waals surface area contributed by atoms with Crippen molar-refractivity contribution in [3.63, 3.8) is 0 Å². The maximum atomic E-state index is 16.4. The molecule has 5 heterocycles. The number of aromatic nitrogens is 2. The molecule has 2 unspecified atom stereocenters. The Bertz CT molecular complexity index is 2490. The number of hydrogen-bond donors (Lipinski definition) is 4. The summed E-state index contributed by atoms with van der Waals surface area (Å²) in [5.41, 5.74) is 6.44. The van der Waals surface area contributed by atoms with E-state index in [1.807, 2.05) is 62.9 Å². The maximum absolute atomic E-state index is 16.4. The van der Waals surface area contributed by atoms with Gasteiger partial charge in [-0.15, -0.1) is 0 Å². The molecule has 0 bridgehead atoms. The number of piperidine rings is 1. The van der Waals surface area contributed by atoms with E-state index in [-0.39, 0.29) is 53.8 Å². The predicted molar refractivity (Wildman–Crippen MR) is 262 cm³/mol. The highest BCUT2D eigenvalue weighted by Gasteiger charge is 2.40. The minimum atomic E-state index is -0.741. The van der Waals surface area contributed by atoms with E-state index in [0.717, 1.165) is 104 Å². The number of aromatic amines is 1. The fraction of sp³-hybridized carbons (Fsp3) is 0.529. The lowest BCUT2D eigenvalue weighted by molar-refractivity contribution is -0.136. The number of likely N-dealkylation sites (tertiary alicyclic amines) is 2. The molecule has 17 heteroatoms. The summed E-state index contributed by atoms with van der Waals surface area (Å²) in [5.74, 6) is -0.197. The van der Waals surface area contributed by atoms with E-state index < -0.39 is 24.3 Å². The Kier molecular flexibility index (Phi) is 14.7. The van der Waals surface area contributed by atoms with E-state index in [2.05, 4.69) is 60.6 Å². The van der Waals surface area contributed by atoms with Gasteiger partial charge in [0.2, 0.25) is 11.8 Å². The van der Waals surface area contributed by atoms with Gasteiger partial charge in [-0.25, -0.2) is 19.0 Å². The number of rotatable bonds is 14. The molecule has 4 saturated heterocycles. The van der Waals surface area contributed by atoms with Gasteiger partial charge in [0.25, 0.3) is 0 Å². The van der Waals surface area contributed by atoms with Crippen LogP contribution in [-0.2, 0) is 19.1 Å². The molecule has 4 aliphatic rings. The molecule has 0 aliphatic carbocycles. The molecule has 0 spiro atoms. The number of alkyl carbamates (subject to hydrolysis) is 2. The van der Waals surface area contributed by atoms with Crippen molar-refractivity contribution in [3.8, 4) is 0 Å². The molecule has 4 N–H and O–H groups in total. The average Bonchev–Trinajstić information content (AvgIpc) is 4.18. The highest BCUT2D eigenvalue weighted by atomic mass is 19.1. The second-order valence-electron chi connectivity index (χ2n) is 19.3. The summed E-state index contributed by atoms with van der Waals surface area (Å²) in [7, 11) is 2.57. The van der Waals surface area contributed by atoms with E-state index in [1.165, 1.54) is 14.2 Å². The van der Waals surface area contributed by atoms with Gasteiger partial charge in [0.1, 0.15) is 29.9 Å². The van der Waals surface area contributed by atoms with E-state index in [9.17, 15) is 19.2 Å². The van der Waals surface area contributed by atoms with Crippen LogP contribution in [0.5, 0.6) is 0 Å². The summed E-state index contributed by atoms with van der Waals surface area (Å²) >= 11 is 0. The van der Waals surface area contributed by atoms with Crippen LogP contribution in [0.2, 0.25) is 0 Å². The van der Waals surface area contributed by atoms with E-state index in [1.54, 1.807) is 11.0 Å². The maximum Gasteiger partial charge on any atom is 0.407 e. The van der Waals surface area contributed by atoms with E-state index >= 15 is 4.39 Å². The van der Waals surface area contributed by atoms with Crippen LogP contribution in [0.1, 0.15) is 121 Å². The number of aliphatic imine (C=N–C) groups is 1. The Morgan fingerprint density at radius 3 is 1.99 bits per heavy atom. The molecule has 8 rings (SSSR count). The summed E-state index contributed by atoms with van der Waals surface area (Å²) < 4.78 is 26.0. The summed E-state index contributed by atoms with van der Waals surface area (Å²) in [5, 5.41) is 9.01. The number of hydrogen-bond acceptors (Lipinski definition) is 11. The topological polar surface area (TPSA) is 177 Å². The van der Waals surface area contributed by atoms with Gasteiger partial charge in [0, 0.05) is 31.9 Å². The lowest BCUT2D eigenvalue weighted by Crippen LogP contribution is -2.53. The molecule has 4 amide bonds. The summed E-state index contributed by atoms with van der Waals surface area (Å²) in [6.07, 6.45) is 6.24. The lowest BCUT2D eigenvalue weighted by Gasteiger charge is -2.35. The van der Waals surface area contributed by atoms with Gasteiger partial charge in [-0.2, -0.15) is 0 Å². The van der Waals surface area contributed by atoms with Gasteiger partial charge < -0.3 is 50.0 Å². The number of carbonyl (C=O) groups excluding carboxylic acids is 4. The summed E-state index contributed by atoms with van der Waals surface area (Å²) in [6.45, 7) is 14.3. The lowest BCUT2D eigenvalue weighted by atomic mass is 10.0. The molecular weight excluding hydrogens is 868 g/mol. The van der Waals surface area contributed by atoms with Crippen LogP contribution < -0.4 is 25.8 Å². The number of carbonyl (C=O) groups is 4. The van der Waals surface area contributed by atoms with Crippen LogP contribution in [0.15, 0.2) is 59.6 Å². The molecule has 1 aromatic heterocycles. The first kappa shape index (κ1) is 48.1. The fourth-order valence-electron chi connectivity index (χ4n) is 10.7. The largest absolute Gasteiger partial charge is 0.453 e. The predicted octanol–water partition coefficient (Wildman–Crippen LogP) is 8.89. The molecule has 16 nitrogen and oxygen atoms in total. The van der Waals surface area contributed by atoms with Crippen molar-refractivity contribution >= 4 is 64.5 Å². The number of amides is 4. The third kappa shape index (κ3) is 9.93. The van der Waals surface area contributed by atoms with E-state index in [4.69, 9.17) is 14.5 Å². The van der Waals surface area contributed by atoms with Crippen LogP contribution in [0.4, 0.5) is 36.7 Å². The first-order valence-electron chi connectivity index (χ1n) is 24.3. The number of ether oxygens (including phenoxy) is 2. The van der Waals surface area contributed by atoms with Crippen molar-refractivity contribution in [2.45, 2.75) is 122 Å². The monoisotopic (exact) mass is 935 g/mol. The van der Waals surface area contributed by atoms with Crippen LogP contribution in [0, 0.1) is 17.7 Å². The van der Waals surface area contributed by atoms with Crippen LogP contribution in [0.25, 0.3) is 11.0 Å². The highest BCUT2D eigenvalue weighted by molar-refractivity contribution is 5.88. The van der Waals surface area contributed by atoms with Gasteiger partial charge in [0.05, 0.1) is 60.4 Å². The number of imidazole rings is 1. The molecule has 0 radical (unpaired) electrons. The third-order valence-corrected chi connectivity index (χ3v) is 14.3. The SMILES string of the molecule is C=Nc1cc([C@@H]2CCC(c3ccc4nc([C@@H]5CCCN5C(=O)C(NC(=O)OC)C(C)C)[nH]c4c3)N2c2ccc(N3CCCCC3)c(F)c2)ccc1N[C@@H]1CCCN1C(=O)[C@@H](NC(=O)OC)C(C)C. The van der Waals surface area contributed by atoms with Crippen molar-refractivity contribution in [1.29, 1.82) is 0 Å². The quantitative estimate of drug-likeness (QED) is 0.0894. The Labute approximate surface area is 398 Å². The standard InChI is InChI=1S/C51H67FN10O6/c1-30(2)45(57-50(65)67-6)48(63)60-25-11-13-43(60)47-55-37-19-16-33(28-39(37)56-47)41-22-21-40(62(41)34-17-20-42(35(52)29-34)59-23-9-8-10-24-59)32-15-18-36(38(27-32)53-5)54-44-14-12-26-61(44)49(64)46(31(3)4)58-51(66)68-7/h15-20,27-31,40-41,43-46,54H,5,8-14,21-26H2,1-4,6-7H3,(H,55,56)(H,57,65)(H,58,66)/t40-,41?,43-,44-,45?,46-/m0/s1. The van der Waals surface area contributed by atoms with Crippen molar-refractivity contribution < 1.29 is 33.0 Å². The second-order valence-corrected chi connectivity index (χ2v) is 19.3. The molecular formula is C51H67FN10O6. The number of nitrogens with zero attached hydrogens (tertiary/aromatic N) is 6. The number of H-pyrrole nitrogens is 1. The van der Waals surface area contributed by atoms with Crippen LogP contribution >= 0.6 is 0 Å². The minimum Gasteiger partial charge on any atom is -0.453 e. The van der Waals surface area contributed by atoms with Crippen molar-refractivity contribution in [1.82, 2.24) is 30.4 Å². The van der Waals surface area contributed by atoms with Gasteiger partial charge in [0.15, 0.2) is 0 Å². The second kappa shape index (κ2) is 20.9. The zero-order chi connectivity index (χ0) is 48.2. The zero-order valence-corrected chi connectivity index (χ0v) is 40.2. The molecule has 4 aliphatic heterocycles. The van der Waals surface area contributed by atoms with Crippen LogP contribution in [-0.4, -0.2) is 109 Å². The molecule has 4 aromatic rings. The number of benzene rings is 3. The fourth-order valence-corrected chi connectivity index (χ4v) is 10.7. The van der Waals surface area contributed by atoms with Gasteiger partial charge >= 0.3 is 12.2 Å². The van der Waals surface area contributed by atoms with Gasteiger partial charge in [-0.3, -0.25) is 14.6 Å². The highest BCUT2D eigenvalue weighted by Crippen LogP contribution is 2.49. The molecule has 364 valence electrons. The third-order valence-electron chi connectivity index (χ3n) is 14.3. The van der Waals surface area contributed by atoms with Crippen molar-refractivity contribution in [2.75, 3.05) is 55.5 Å². The molecule has 3 aromatic carbocycles. The summed E-state index contributed by atoms with van der Waals surface area (Å²) in [4.78, 5) is 73.2. The zero-order valence-electron chi connectivity index (χ0n) is 40.2. The number of nitrogens with one attached hydrogen (secondary N) is 4. The number of fused-ring (bicyclic) bond motifs is 1. The van der Waals surface area contributed by atoms with Crippen LogP contribution in [0.3, 0.4) is 0 Å². The summed E-state index contributed by atoms with van der Waals surface area (Å²) in [6, 6.07) is 16.0. The number of halogens is 1. The first-order valence-corrected chi connectivity index (χ1v) is 24.3. The molecule has 68 heavy (non-hydrogen) atoms. The molecule has 4 fully saturated rings. The number of methoxy groups -OCH3 is 2. The van der Waals surface area contributed by atoms with Gasteiger partial charge in [-0.1, -0.05) is 39.8 Å². The Morgan fingerprint density at radius 2 is 1.35 bits per heavy atom. The normalized spacial score (nSPS) is 21.6. The Balaban J connectivity index is 1.09. The van der Waals surface area contributed by atoms with Crippen molar-refractivity contribution in [3.05, 3.63) is 77.4 Å². The Morgan fingerprint density at radius 1 is 0.735 bits per heavy atom. The van der Waals surface area contributed by atoms with Crippen molar-refractivity contribution in [2.24, 2.45) is 16.8 Å². The minimum absolute atomic E-state index is 0.124. The number of anilines is 3. The Hall–Kier alpha value is -6.39. The first-order chi connectivity index (χ1) is 32.8. The average molecular weight is 935 g/mol. The van der Waals surface area contributed by atoms with E-state index in [0.29, 0.717) is 30.3 Å². The molecule has 0 saturated carbocycles. The van der Waals surface area contributed by atoms with Gasteiger partial charge in [-0.05, 0) is 130 Å². The molecule has 6 atom stereocenters.